The van der Waals surface area contributed by atoms with E-state index in [1.165, 1.54) is 5.57 Å². The Hall–Kier alpha value is -1.39. The minimum absolute atomic E-state index is 0.0260. The summed E-state index contributed by atoms with van der Waals surface area (Å²) in [5, 5.41) is 0. The average Bonchev–Trinajstić information content (AvgIpc) is 2.26. The van der Waals surface area contributed by atoms with E-state index in [9.17, 15) is 22.8 Å². The molecule has 0 aliphatic heterocycles. The van der Waals surface area contributed by atoms with E-state index in [-0.39, 0.29) is 6.42 Å². The number of halogens is 3. The Kier molecular flexibility index (Phi) is 8.11. The summed E-state index contributed by atoms with van der Waals surface area (Å²) < 4.78 is 35.8. The van der Waals surface area contributed by atoms with Crippen molar-refractivity contribution in [1.29, 1.82) is 0 Å². The minimum atomic E-state index is -4.91. The van der Waals surface area contributed by atoms with Crippen molar-refractivity contribution in [3.05, 3.63) is 23.3 Å². The molecule has 0 aliphatic rings. The van der Waals surface area contributed by atoms with Crippen molar-refractivity contribution < 1.29 is 22.8 Å². The molecule has 0 saturated heterocycles. The summed E-state index contributed by atoms with van der Waals surface area (Å²) in [4.78, 5) is 21.8. The molecule has 0 unspecified atom stereocenters. The molecular formula is C15H21F3O2. The van der Waals surface area contributed by atoms with Gasteiger partial charge in [-0.15, -0.1) is 0 Å². The fraction of sp³-hybridized carbons (Fsp3) is 0.600. The van der Waals surface area contributed by atoms with E-state index in [0.29, 0.717) is 6.42 Å². The minimum Gasteiger partial charge on any atom is -0.299 e. The zero-order valence-electron chi connectivity index (χ0n) is 12.1. The molecule has 0 aromatic rings. The van der Waals surface area contributed by atoms with Crippen molar-refractivity contribution in [3.8, 4) is 0 Å². The quantitative estimate of drug-likeness (QED) is 0.485. The third kappa shape index (κ3) is 9.53. The standard InChI is InChI=1S/C15H21F3O2/c1-11(2)6-4-7-12(3)8-5-9-13(19)10-14(20)15(16,17)18/h6,8H,4-5,7,9-10H2,1-3H3/b12-8+. The highest BCUT2D eigenvalue weighted by molar-refractivity contribution is 6.01. The van der Waals surface area contributed by atoms with E-state index >= 15 is 0 Å². The maximum atomic E-state index is 11.9. The van der Waals surface area contributed by atoms with Crippen LogP contribution in [0.2, 0.25) is 0 Å². The van der Waals surface area contributed by atoms with Gasteiger partial charge in [0.2, 0.25) is 5.78 Å². The lowest BCUT2D eigenvalue weighted by Gasteiger charge is -2.04. The van der Waals surface area contributed by atoms with E-state index in [2.05, 4.69) is 6.08 Å². The predicted molar refractivity (Wildman–Crippen MR) is 72.3 cm³/mol. The molecule has 0 bridgehead atoms. The smallest absolute Gasteiger partial charge is 0.299 e. The largest absolute Gasteiger partial charge is 0.450 e. The molecule has 0 aromatic heterocycles. The summed E-state index contributed by atoms with van der Waals surface area (Å²) in [5.74, 6) is -2.63. The van der Waals surface area contributed by atoms with Crippen molar-refractivity contribution >= 4 is 11.6 Å². The molecule has 114 valence electrons. The normalized spacial score (nSPS) is 12.2. The van der Waals surface area contributed by atoms with Crippen LogP contribution < -0.4 is 0 Å². The lowest BCUT2D eigenvalue weighted by molar-refractivity contribution is -0.171. The number of carbonyl (C=O) groups excluding carboxylic acids is 2. The first kappa shape index (κ1) is 18.6. The first-order chi connectivity index (χ1) is 9.12. The zero-order chi connectivity index (χ0) is 15.8. The van der Waals surface area contributed by atoms with Crippen LogP contribution in [0.25, 0.3) is 0 Å². The number of Topliss-reactive ketones (excluding diaryl/α,β-unsaturated/α-hetero) is 2. The van der Waals surface area contributed by atoms with E-state index in [1.54, 1.807) is 0 Å². The highest BCUT2D eigenvalue weighted by atomic mass is 19.4. The lowest BCUT2D eigenvalue weighted by Crippen LogP contribution is -2.25. The number of hydrogen-bond donors (Lipinski definition) is 0. The van der Waals surface area contributed by atoms with Crippen LogP contribution in [0, 0.1) is 0 Å². The molecule has 0 saturated carbocycles. The Morgan fingerprint density at radius 2 is 1.50 bits per heavy atom. The number of hydrogen-bond acceptors (Lipinski definition) is 2. The molecule has 2 nitrogen and oxygen atoms in total. The number of allylic oxidation sites excluding steroid dienone is 4. The molecule has 5 heteroatoms. The van der Waals surface area contributed by atoms with Gasteiger partial charge in [-0.2, -0.15) is 13.2 Å². The van der Waals surface area contributed by atoms with E-state index < -0.39 is 24.2 Å². The van der Waals surface area contributed by atoms with Crippen molar-refractivity contribution in [2.75, 3.05) is 0 Å². The van der Waals surface area contributed by atoms with Crippen LogP contribution in [-0.2, 0) is 9.59 Å². The average molecular weight is 290 g/mol. The first-order valence-electron chi connectivity index (χ1n) is 6.53. The second-order valence-corrected chi connectivity index (χ2v) is 5.05. The van der Waals surface area contributed by atoms with Crippen LogP contribution in [0.15, 0.2) is 23.3 Å². The molecule has 0 rings (SSSR count). The van der Waals surface area contributed by atoms with Gasteiger partial charge in [-0.05, 0) is 40.0 Å². The van der Waals surface area contributed by atoms with E-state index in [1.807, 2.05) is 26.8 Å². The molecule has 0 radical (unpaired) electrons. The van der Waals surface area contributed by atoms with E-state index in [0.717, 1.165) is 18.4 Å². The fourth-order valence-corrected chi connectivity index (χ4v) is 1.54. The Balaban J connectivity index is 4.02. The maximum Gasteiger partial charge on any atom is 0.450 e. The van der Waals surface area contributed by atoms with Crippen LogP contribution in [0.1, 0.15) is 52.9 Å². The molecule has 0 amide bonds. The summed E-state index contributed by atoms with van der Waals surface area (Å²) in [6.45, 7) is 5.94. The molecule has 0 aromatic carbocycles. The van der Waals surface area contributed by atoms with Crippen molar-refractivity contribution in [1.82, 2.24) is 0 Å². The van der Waals surface area contributed by atoms with Crippen molar-refractivity contribution in [3.63, 3.8) is 0 Å². The van der Waals surface area contributed by atoms with Gasteiger partial charge in [0.05, 0.1) is 6.42 Å². The number of ketones is 2. The maximum absolute atomic E-state index is 11.9. The third-order valence-electron chi connectivity index (χ3n) is 2.68. The predicted octanol–water partition coefficient (Wildman–Crippen LogP) is 4.55. The Morgan fingerprint density at radius 1 is 0.950 bits per heavy atom. The summed E-state index contributed by atoms with van der Waals surface area (Å²) in [6, 6.07) is 0. The summed E-state index contributed by atoms with van der Waals surface area (Å²) >= 11 is 0. The second kappa shape index (κ2) is 8.72. The second-order valence-electron chi connectivity index (χ2n) is 5.05. The van der Waals surface area contributed by atoms with Crippen LogP contribution in [0.4, 0.5) is 13.2 Å². The van der Waals surface area contributed by atoms with Gasteiger partial charge in [-0.25, -0.2) is 0 Å². The first-order valence-corrected chi connectivity index (χ1v) is 6.53. The topological polar surface area (TPSA) is 34.1 Å². The zero-order valence-corrected chi connectivity index (χ0v) is 12.1. The molecule has 20 heavy (non-hydrogen) atoms. The van der Waals surface area contributed by atoms with Crippen LogP contribution in [0.3, 0.4) is 0 Å². The molecule has 0 heterocycles. The molecule has 0 atom stereocenters. The highest BCUT2D eigenvalue weighted by Gasteiger charge is 2.38. The monoisotopic (exact) mass is 290 g/mol. The van der Waals surface area contributed by atoms with Gasteiger partial charge in [0, 0.05) is 6.42 Å². The Bertz CT molecular complexity index is 400. The summed E-state index contributed by atoms with van der Waals surface area (Å²) in [7, 11) is 0. The SMILES string of the molecule is CC(C)=CCC/C(C)=C/CCC(=O)CC(=O)C(F)(F)F. The van der Waals surface area contributed by atoms with Crippen LogP contribution >= 0.6 is 0 Å². The van der Waals surface area contributed by atoms with Gasteiger partial charge < -0.3 is 0 Å². The van der Waals surface area contributed by atoms with Crippen LogP contribution in [0.5, 0.6) is 0 Å². The molecular weight excluding hydrogens is 269 g/mol. The number of carbonyl (C=O) groups is 2. The fourth-order valence-electron chi connectivity index (χ4n) is 1.54. The highest BCUT2D eigenvalue weighted by Crippen LogP contribution is 2.18. The van der Waals surface area contributed by atoms with Gasteiger partial charge >= 0.3 is 6.18 Å². The van der Waals surface area contributed by atoms with Crippen molar-refractivity contribution in [2.24, 2.45) is 0 Å². The Morgan fingerprint density at radius 3 is 2.00 bits per heavy atom. The van der Waals surface area contributed by atoms with Gasteiger partial charge in [0.25, 0.3) is 0 Å². The summed E-state index contributed by atoms with van der Waals surface area (Å²) in [6.07, 6.45) is 0.109. The molecule has 0 spiro atoms. The third-order valence-corrected chi connectivity index (χ3v) is 2.68. The number of rotatable bonds is 8. The van der Waals surface area contributed by atoms with Gasteiger partial charge in [0.1, 0.15) is 5.78 Å². The Labute approximate surface area is 117 Å². The van der Waals surface area contributed by atoms with Crippen LogP contribution in [-0.4, -0.2) is 17.7 Å². The van der Waals surface area contributed by atoms with Gasteiger partial charge in [-0.1, -0.05) is 23.3 Å². The van der Waals surface area contributed by atoms with Gasteiger partial charge in [-0.3, -0.25) is 9.59 Å². The van der Waals surface area contributed by atoms with E-state index in [4.69, 9.17) is 0 Å². The molecule has 0 N–H and O–H groups in total. The van der Waals surface area contributed by atoms with Gasteiger partial charge in [0.15, 0.2) is 0 Å². The summed E-state index contributed by atoms with van der Waals surface area (Å²) in [5.41, 5.74) is 2.33. The molecule has 0 fully saturated rings. The van der Waals surface area contributed by atoms with Crippen molar-refractivity contribution in [2.45, 2.75) is 59.1 Å². The lowest BCUT2D eigenvalue weighted by atomic mass is 10.1. The molecule has 0 aliphatic carbocycles. The number of alkyl halides is 3.